The van der Waals surface area contributed by atoms with Crippen LogP contribution in [0.5, 0.6) is 0 Å². The van der Waals surface area contributed by atoms with Crippen molar-refractivity contribution in [2.24, 2.45) is 5.92 Å². The second-order valence-electron chi connectivity index (χ2n) is 5.30. The zero-order valence-electron chi connectivity index (χ0n) is 12.5. The van der Waals surface area contributed by atoms with Crippen molar-refractivity contribution in [3.63, 3.8) is 0 Å². The third kappa shape index (κ3) is 3.59. The highest BCUT2D eigenvalue weighted by Crippen LogP contribution is 2.22. The lowest BCUT2D eigenvalue weighted by molar-refractivity contribution is -0.141. The van der Waals surface area contributed by atoms with Gasteiger partial charge in [-0.3, -0.25) is 0 Å². The summed E-state index contributed by atoms with van der Waals surface area (Å²) in [6, 6.07) is 7.05. The number of nitrogens with zero attached hydrogens (tertiary/aromatic N) is 2. The van der Waals surface area contributed by atoms with Crippen LogP contribution in [0.15, 0.2) is 24.3 Å². The predicted molar refractivity (Wildman–Crippen MR) is 82.8 cm³/mol. The molecule has 6 nitrogen and oxygen atoms in total. The van der Waals surface area contributed by atoms with Gasteiger partial charge in [0, 0.05) is 5.39 Å². The summed E-state index contributed by atoms with van der Waals surface area (Å²) in [4.78, 5) is 20.3. The SMILES string of the molecule is COC(=O)C(CC(C)C)Nc1nc(N)nc2ccccc12. The summed E-state index contributed by atoms with van der Waals surface area (Å²) in [5.41, 5.74) is 6.47. The van der Waals surface area contributed by atoms with E-state index in [1.807, 2.05) is 38.1 Å². The summed E-state index contributed by atoms with van der Waals surface area (Å²) in [5.74, 6) is 0.746. The molecule has 2 aromatic rings. The van der Waals surface area contributed by atoms with Crippen molar-refractivity contribution in [2.45, 2.75) is 26.3 Å². The number of nitrogen functional groups attached to an aromatic ring is 1. The maximum atomic E-state index is 11.9. The van der Waals surface area contributed by atoms with Gasteiger partial charge in [-0.05, 0) is 24.5 Å². The van der Waals surface area contributed by atoms with Gasteiger partial charge < -0.3 is 15.8 Å². The van der Waals surface area contributed by atoms with Crippen molar-refractivity contribution >= 4 is 28.6 Å². The maximum Gasteiger partial charge on any atom is 0.328 e. The Morgan fingerprint density at radius 1 is 1.33 bits per heavy atom. The largest absolute Gasteiger partial charge is 0.467 e. The monoisotopic (exact) mass is 288 g/mol. The molecule has 1 aromatic carbocycles. The fourth-order valence-electron chi connectivity index (χ4n) is 2.20. The van der Waals surface area contributed by atoms with Gasteiger partial charge in [0.1, 0.15) is 11.9 Å². The van der Waals surface area contributed by atoms with Gasteiger partial charge in [0.2, 0.25) is 5.95 Å². The number of esters is 1. The van der Waals surface area contributed by atoms with E-state index in [1.165, 1.54) is 7.11 Å². The molecule has 0 saturated heterocycles. The number of hydrogen-bond acceptors (Lipinski definition) is 6. The van der Waals surface area contributed by atoms with Crippen LogP contribution in [0.4, 0.5) is 11.8 Å². The molecule has 0 fully saturated rings. The van der Waals surface area contributed by atoms with Crippen molar-refractivity contribution in [1.82, 2.24) is 9.97 Å². The third-order valence-electron chi connectivity index (χ3n) is 3.12. The van der Waals surface area contributed by atoms with Crippen LogP contribution in [-0.4, -0.2) is 29.1 Å². The first kappa shape index (κ1) is 15.0. The van der Waals surface area contributed by atoms with E-state index >= 15 is 0 Å². The van der Waals surface area contributed by atoms with Gasteiger partial charge in [0.05, 0.1) is 12.6 Å². The molecule has 0 amide bonds. The zero-order chi connectivity index (χ0) is 15.4. The number of para-hydroxylation sites is 1. The molecule has 0 aliphatic heterocycles. The van der Waals surface area contributed by atoms with Crippen LogP contribution in [-0.2, 0) is 9.53 Å². The number of rotatable bonds is 5. The number of nitrogens with one attached hydrogen (secondary N) is 1. The Morgan fingerprint density at radius 2 is 2.05 bits per heavy atom. The molecule has 6 heteroatoms. The normalized spacial score (nSPS) is 12.4. The van der Waals surface area contributed by atoms with Gasteiger partial charge in [-0.1, -0.05) is 26.0 Å². The summed E-state index contributed by atoms with van der Waals surface area (Å²) in [6.07, 6.45) is 0.644. The van der Waals surface area contributed by atoms with Crippen LogP contribution in [0.3, 0.4) is 0 Å². The Labute approximate surface area is 123 Å². The molecule has 1 aromatic heterocycles. The van der Waals surface area contributed by atoms with E-state index in [0.717, 1.165) is 10.9 Å². The zero-order valence-corrected chi connectivity index (χ0v) is 12.5. The number of methoxy groups -OCH3 is 1. The predicted octanol–water partition coefficient (Wildman–Crippen LogP) is 2.21. The molecule has 3 N–H and O–H groups in total. The molecule has 1 atom stereocenters. The average Bonchev–Trinajstić information content (AvgIpc) is 2.45. The highest BCUT2D eigenvalue weighted by atomic mass is 16.5. The number of benzene rings is 1. The van der Waals surface area contributed by atoms with E-state index < -0.39 is 6.04 Å². The number of nitrogens with two attached hydrogens (primary N) is 1. The van der Waals surface area contributed by atoms with Gasteiger partial charge in [0.15, 0.2) is 0 Å². The summed E-state index contributed by atoms with van der Waals surface area (Å²) >= 11 is 0. The Hall–Kier alpha value is -2.37. The number of hydrogen-bond donors (Lipinski definition) is 2. The van der Waals surface area contributed by atoms with Gasteiger partial charge in [-0.2, -0.15) is 4.98 Å². The summed E-state index contributed by atoms with van der Waals surface area (Å²) in [6.45, 7) is 4.09. The lowest BCUT2D eigenvalue weighted by Gasteiger charge is -2.19. The van der Waals surface area contributed by atoms with Gasteiger partial charge in [-0.25, -0.2) is 9.78 Å². The average molecular weight is 288 g/mol. The Morgan fingerprint density at radius 3 is 2.71 bits per heavy atom. The van der Waals surface area contributed by atoms with E-state index in [4.69, 9.17) is 10.5 Å². The van der Waals surface area contributed by atoms with Gasteiger partial charge in [-0.15, -0.1) is 0 Å². The van der Waals surface area contributed by atoms with Crippen LogP contribution < -0.4 is 11.1 Å². The molecule has 0 aliphatic carbocycles. The van der Waals surface area contributed by atoms with Crippen molar-refractivity contribution in [3.05, 3.63) is 24.3 Å². The third-order valence-corrected chi connectivity index (χ3v) is 3.12. The Balaban J connectivity index is 2.38. The number of ether oxygens (including phenoxy) is 1. The lowest BCUT2D eigenvalue weighted by Crippen LogP contribution is -2.32. The molecule has 0 aliphatic rings. The molecular formula is C15H20N4O2. The van der Waals surface area contributed by atoms with Crippen LogP contribution >= 0.6 is 0 Å². The number of aromatic nitrogens is 2. The van der Waals surface area contributed by atoms with Crippen molar-refractivity contribution in [3.8, 4) is 0 Å². The number of carbonyl (C=O) groups is 1. The fourth-order valence-corrected chi connectivity index (χ4v) is 2.20. The number of carbonyl (C=O) groups excluding carboxylic acids is 1. The van der Waals surface area contributed by atoms with Crippen molar-refractivity contribution in [2.75, 3.05) is 18.2 Å². The number of anilines is 2. The lowest BCUT2D eigenvalue weighted by atomic mass is 10.0. The summed E-state index contributed by atoms with van der Waals surface area (Å²) < 4.78 is 4.85. The van der Waals surface area contributed by atoms with E-state index in [9.17, 15) is 4.79 Å². The molecule has 0 radical (unpaired) electrons. The molecule has 0 bridgehead atoms. The van der Waals surface area contributed by atoms with Crippen molar-refractivity contribution in [1.29, 1.82) is 0 Å². The minimum absolute atomic E-state index is 0.171. The molecule has 1 heterocycles. The van der Waals surface area contributed by atoms with E-state index in [1.54, 1.807) is 0 Å². The molecule has 1 unspecified atom stereocenters. The summed E-state index contributed by atoms with van der Waals surface area (Å²) in [5, 5.41) is 3.96. The molecule has 2 rings (SSSR count). The molecule has 112 valence electrons. The number of fused-ring (bicyclic) bond motifs is 1. The van der Waals surface area contributed by atoms with Crippen molar-refractivity contribution < 1.29 is 9.53 Å². The van der Waals surface area contributed by atoms with Crippen LogP contribution in [0.1, 0.15) is 20.3 Å². The minimum atomic E-state index is -0.465. The van der Waals surface area contributed by atoms with Crippen LogP contribution in [0.25, 0.3) is 10.9 Å². The smallest absolute Gasteiger partial charge is 0.328 e. The van der Waals surface area contributed by atoms with Crippen LogP contribution in [0, 0.1) is 5.92 Å². The van der Waals surface area contributed by atoms with Crippen LogP contribution in [0.2, 0.25) is 0 Å². The second kappa shape index (κ2) is 6.39. The standard InChI is InChI=1S/C15H20N4O2/c1-9(2)8-12(14(20)21-3)17-13-10-6-4-5-7-11(10)18-15(16)19-13/h4-7,9,12H,8H2,1-3H3,(H3,16,17,18,19). The quantitative estimate of drug-likeness (QED) is 0.820. The second-order valence-corrected chi connectivity index (χ2v) is 5.30. The van der Waals surface area contributed by atoms with Gasteiger partial charge >= 0.3 is 5.97 Å². The highest BCUT2D eigenvalue weighted by Gasteiger charge is 2.22. The molecule has 0 spiro atoms. The molecule has 21 heavy (non-hydrogen) atoms. The molecule has 0 saturated carbocycles. The molecular weight excluding hydrogens is 268 g/mol. The van der Waals surface area contributed by atoms with Gasteiger partial charge in [0.25, 0.3) is 0 Å². The first-order chi connectivity index (χ1) is 10.0. The first-order valence-electron chi connectivity index (χ1n) is 6.88. The Bertz CT molecular complexity index is 643. The highest BCUT2D eigenvalue weighted by molar-refractivity contribution is 5.91. The summed E-state index contributed by atoms with van der Waals surface area (Å²) in [7, 11) is 1.38. The minimum Gasteiger partial charge on any atom is -0.467 e. The van der Waals surface area contributed by atoms with E-state index in [2.05, 4.69) is 15.3 Å². The Kier molecular flexibility index (Phi) is 4.57. The fraction of sp³-hybridized carbons (Fsp3) is 0.400. The topological polar surface area (TPSA) is 90.1 Å². The first-order valence-corrected chi connectivity index (χ1v) is 6.88. The maximum absolute atomic E-state index is 11.9. The van der Waals surface area contributed by atoms with E-state index in [0.29, 0.717) is 18.2 Å². The van der Waals surface area contributed by atoms with E-state index in [-0.39, 0.29) is 11.9 Å².